The Hall–Kier alpha value is -1.43. The highest BCUT2D eigenvalue weighted by atomic mass is 32.1. The molecule has 0 amide bonds. The molecule has 6 heteroatoms. The molecule has 0 aliphatic carbocycles. The van der Waals surface area contributed by atoms with Crippen LogP contribution in [0.3, 0.4) is 0 Å². The largest absolute Gasteiger partial charge is 0.477 e. The van der Waals surface area contributed by atoms with Crippen molar-refractivity contribution in [3.8, 4) is 0 Å². The third-order valence-electron chi connectivity index (χ3n) is 1.48. The average Bonchev–Trinajstić information content (AvgIpc) is 2.43. The van der Waals surface area contributed by atoms with Crippen molar-refractivity contribution in [1.29, 1.82) is 0 Å². The third-order valence-corrected chi connectivity index (χ3v) is 2.39. The van der Waals surface area contributed by atoms with Crippen LogP contribution in [0.4, 0.5) is 0 Å². The minimum absolute atomic E-state index is 0.220. The number of aromatic nitrogens is 1. The number of hydrogen-bond acceptors (Lipinski definition) is 4. The number of nitrogens with zero attached hydrogens (tertiary/aromatic N) is 3. The van der Waals surface area contributed by atoms with Crippen LogP contribution in [0.2, 0.25) is 0 Å². The minimum Gasteiger partial charge on any atom is -0.477 e. The number of carboxylic acid groups (broad SMARTS) is 1. The Labute approximate surface area is 85.0 Å². The number of rotatable bonds is 2. The predicted molar refractivity (Wildman–Crippen MR) is 54.6 cm³/mol. The summed E-state index contributed by atoms with van der Waals surface area (Å²) in [5.74, 6) is -0.956. The molecule has 1 aromatic rings. The number of thiazole rings is 1. The zero-order chi connectivity index (χ0) is 10.7. The molecular weight excluding hydrogens is 202 g/mol. The van der Waals surface area contributed by atoms with Gasteiger partial charge in [-0.3, -0.25) is 0 Å². The summed E-state index contributed by atoms with van der Waals surface area (Å²) >= 11 is 1.25. The molecule has 0 unspecified atom stereocenters. The van der Waals surface area contributed by atoms with Crippen LogP contribution in [-0.2, 0) is 7.05 Å². The van der Waals surface area contributed by atoms with E-state index in [-0.39, 0.29) is 5.69 Å². The molecule has 0 aliphatic heterocycles. The minimum atomic E-state index is -0.956. The van der Waals surface area contributed by atoms with E-state index >= 15 is 0 Å². The van der Waals surface area contributed by atoms with Gasteiger partial charge in [-0.05, 0) is 13.8 Å². The molecule has 14 heavy (non-hydrogen) atoms. The van der Waals surface area contributed by atoms with Crippen LogP contribution < -0.4 is 4.80 Å². The number of carbonyl (C=O) groups is 1. The van der Waals surface area contributed by atoms with E-state index in [1.807, 2.05) is 13.8 Å². The molecule has 5 nitrogen and oxygen atoms in total. The number of aromatic carboxylic acids is 1. The first-order valence-electron chi connectivity index (χ1n) is 3.95. The van der Waals surface area contributed by atoms with Crippen molar-refractivity contribution in [2.75, 3.05) is 0 Å². The molecule has 0 saturated carbocycles. The fourth-order valence-corrected chi connectivity index (χ4v) is 1.62. The molecule has 1 heterocycles. The van der Waals surface area contributed by atoms with Crippen LogP contribution in [0.1, 0.15) is 24.3 Å². The van der Waals surface area contributed by atoms with Crippen LogP contribution in [0, 0.1) is 0 Å². The molecule has 0 bridgehead atoms. The molecule has 0 fully saturated rings. The van der Waals surface area contributed by atoms with Gasteiger partial charge in [-0.25, -0.2) is 4.79 Å². The summed E-state index contributed by atoms with van der Waals surface area (Å²) in [6.07, 6.45) is 0. The molecule has 1 aromatic heterocycles. The van der Waals surface area contributed by atoms with Gasteiger partial charge in [0.2, 0.25) is 4.80 Å². The van der Waals surface area contributed by atoms with Gasteiger partial charge < -0.3 is 9.67 Å². The Bertz CT molecular complexity index is 438. The lowest BCUT2D eigenvalue weighted by molar-refractivity contribution is 0.0686. The first kappa shape index (κ1) is 10.6. The molecule has 0 aromatic carbocycles. The Morgan fingerprint density at radius 2 is 2.21 bits per heavy atom. The molecule has 0 saturated heterocycles. The fourth-order valence-electron chi connectivity index (χ4n) is 0.797. The molecule has 0 atom stereocenters. The van der Waals surface area contributed by atoms with Gasteiger partial charge in [-0.1, -0.05) is 0 Å². The van der Waals surface area contributed by atoms with E-state index in [1.165, 1.54) is 15.9 Å². The van der Waals surface area contributed by atoms with Crippen molar-refractivity contribution < 1.29 is 9.90 Å². The normalized spacial score (nSPS) is 11.5. The van der Waals surface area contributed by atoms with Crippen LogP contribution in [0.25, 0.3) is 0 Å². The summed E-state index contributed by atoms with van der Waals surface area (Å²) < 4.78 is 1.50. The van der Waals surface area contributed by atoms with Gasteiger partial charge in [-0.15, -0.1) is 16.4 Å². The molecule has 0 spiro atoms. The Kier molecular flexibility index (Phi) is 3.19. The van der Waals surface area contributed by atoms with Gasteiger partial charge in [0.1, 0.15) is 5.69 Å². The van der Waals surface area contributed by atoms with E-state index in [0.29, 0.717) is 4.80 Å². The van der Waals surface area contributed by atoms with Crippen LogP contribution in [0.5, 0.6) is 0 Å². The number of carboxylic acids is 1. The summed E-state index contributed by atoms with van der Waals surface area (Å²) in [6, 6.07) is 0. The molecule has 0 aliphatic rings. The smallest absolute Gasteiger partial charge is 0.353 e. The van der Waals surface area contributed by atoms with E-state index in [4.69, 9.17) is 5.11 Å². The van der Waals surface area contributed by atoms with Gasteiger partial charge in [0, 0.05) is 18.1 Å². The lowest BCUT2D eigenvalue weighted by Gasteiger charge is -1.93. The van der Waals surface area contributed by atoms with Crippen molar-refractivity contribution in [2.45, 2.75) is 13.8 Å². The lowest BCUT2D eigenvalue weighted by Crippen LogP contribution is -2.15. The zero-order valence-corrected chi connectivity index (χ0v) is 9.00. The quantitative estimate of drug-likeness (QED) is 0.590. The van der Waals surface area contributed by atoms with E-state index in [9.17, 15) is 4.79 Å². The molecule has 0 radical (unpaired) electrons. The Balaban J connectivity index is 3.20. The summed E-state index contributed by atoms with van der Waals surface area (Å²) in [5.41, 5.74) is 1.05. The summed E-state index contributed by atoms with van der Waals surface area (Å²) in [7, 11) is 1.65. The standard InChI is InChI=1S/C8H11N3O2S/c1-5(2)9-10-8-11(3)6(4-14-8)7(12)13/h4H,1-3H3,(H,12,13). The van der Waals surface area contributed by atoms with Crippen molar-refractivity contribution in [3.05, 3.63) is 15.9 Å². The zero-order valence-electron chi connectivity index (χ0n) is 8.18. The highest BCUT2D eigenvalue weighted by Gasteiger charge is 2.08. The SMILES string of the molecule is CC(C)=NN=c1scc(C(=O)O)n1C. The molecule has 1 N–H and O–H groups in total. The monoisotopic (exact) mass is 213 g/mol. The van der Waals surface area contributed by atoms with Crippen LogP contribution in [-0.4, -0.2) is 21.4 Å². The van der Waals surface area contributed by atoms with Gasteiger partial charge in [0.25, 0.3) is 0 Å². The maximum Gasteiger partial charge on any atom is 0.353 e. The molecule has 76 valence electrons. The maximum atomic E-state index is 10.7. The van der Waals surface area contributed by atoms with Crippen molar-refractivity contribution >= 4 is 23.0 Å². The van der Waals surface area contributed by atoms with Crippen LogP contribution in [0.15, 0.2) is 15.6 Å². The third kappa shape index (κ3) is 2.29. The summed E-state index contributed by atoms with van der Waals surface area (Å²) in [6.45, 7) is 3.66. The highest BCUT2D eigenvalue weighted by Crippen LogP contribution is 1.99. The van der Waals surface area contributed by atoms with E-state index in [2.05, 4.69) is 10.2 Å². The van der Waals surface area contributed by atoms with E-state index in [1.54, 1.807) is 12.4 Å². The Morgan fingerprint density at radius 3 is 2.64 bits per heavy atom. The van der Waals surface area contributed by atoms with Crippen LogP contribution >= 0.6 is 11.3 Å². The maximum absolute atomic E-state index is 10.7. The fraction of sp³-hybridized carbons (Fsp3) is 0.375. The molecular formula is C8H11N3O2S. The molecule has 1 rings (SSSR count). The van der Waals surface area contributed by atoms with E-state index in [0.717, 1.165) is 5.71 Å². The van der Waals surface area contributed by atoms with E-state index < -0.39 is 5.97 Å². The van der Waals surface area contributed by atoms with Gasteiger partial charge in [0.15, 0.2) is 0 Å². The Morgan fingerprint density at radius 1 is 1.57 bits per heavy atom. The van der Waals surface area contributed by atoms with Gasteiger partial charge >= 0.3 is 5.97 Å². The second-order valence-electron chi connectivity index (χ2n) is 2.91. The highest BCUT2D eigenvalue weighted by molar-refractivity contribution is 7.07. The number of hydrogen-bond donors (Lipinski definition) is 1. The predicted octanol–water partition coefficient (Wildman–Crippen LogP) is 1.08. The average molecular weight is 213 g/mol. The first-order valence-corrected chi connectivity index (χ1v) is 4.83. The first-order chi connectivity index (χ1) is 6.52. The second-order valence-corrected chi connectivity index (χ2v) is 3.75. The topological polar surface area (TPSA) is 66.9 Å². The van der Waals surface area contributed by atoms with Gasteiger partial charge in [0.05, 0.1) is 0 Å². The van der Waals surface area contributed by atoms with Crippen molar-refractivity contribution in [2.24, 2.45) is 17.3 Å². The second kappa shape index (κ2) is 4.19. The summed E-state index contributed by atoms with van der Waals surface area (Å²) in [4.78, 5) is 11.3. The summed E-state index contributed by atoms with van der Waals surface area (Å²) in [5, 5.41) is 18.1. The van der Waals surface area contributed by atoms with Crippen molar-refractivity contribution in [1.82, 2.24) is 4.57 Å². The van der Waals surface area contributed by atoms with Gasteiger partial charge in [-0.2, -0.15) is 5.10 Å². The van der Waals surface area contributed by atoms with Crippen molar-refractivity contribution in [3.63, 3.8) is 0 Å². The lowest BCUT2D eigenvalue weighted by atomic mass is 10.5.